The molecule has 128 valence electrons. The van der Waals surface area contributed by atoms with Gasteiger partial charge in [-0.25, -0.2) is 0 Å². The second-order valence-corrected chi connectivity index (χ2v) is 7.24. The molecule has 1 heterocycles. The molecule has 1 aromatic heterocycles. The van der Waals surface area contributed by atoms with E-state index in [2.05, 4.69) is 36.7 Å². The van der Waals surface area contributed by atoms with Crippen LogP contribution in [0.4, 0.5) is 0 Å². The van der Waals surface area contributed by atoms with Gasteiger partial charge in [-0.15, -0.1) is 6.58 Å². The van der Waals surface area contributed by atoms with Crippen LogP contribution in [-0.2, 0) is 6.54 Å². The Hall–Kier alpha value is -2.98. The van der Waals surface area contributed by atoms with E-state index in [1.54, 1.807) is 0 Å². The smallest absolute Gasteiger partial charge is 0.279 e. The van der Waals surface area contributed by atoms with Crippen LogP contribution in [0.1, 0.15) is 15.9 Å². The van der Waals surface area contributed by atoms with E-state index in [1.165, 1.54) is 16.9 Å². The molecular formula is C22H18N2OS. The third kappa shape index (κ3) is 3.00. The fraction of sp³-hybridized carbons (Fsp3) is 0.0909. The second kappa shape index (κ2) is 6.73. The summed E-state index contributed by atoms with van der Waals surface area (Å²) in [5, 5.41) is 2.16. The standard InChI is InChI=1S/C22H18N2OS/c1-3-12-24-19-11-8-15(2)13-20(19)26-22(24)23-21(25)18-10-9-16-6-4-5-7-17(16)14-18/h3-11,13-14H,1,12H2,2H3. The maximum atomic E-state index is 12.8. The molecule has 4 heteroatoms. The first-order chi connectivity index (χ1) is 12.7. The first-order valence-corrected chi connectivity index (χ1v) is 9.26. The van der Waals surface area contributed by atoms with Crippen molar-refractivity contribution in [3.8, 4) is 0 Å². The highest BCUT2D eigenvalue weighted by Crippen LogP contribution is 2.20. The monoisotopic (exact) mass is 358 g/mol. The Labute approximate surface area is 155 Å². The number of rotatable bonds is 3. The van der Waals surface area contributed by atoms with Gasteiger partial charge in [-0.05, 0) is 47.5 Å². The van der Waals surface area contributed by atoms with Gasteiger partial charge in [0, 0.05) is 12.1 Å². The van der Waals surface area contributed by atoms with Gasteiger partial charge in [0.05, 0.1) is 10.2 Å². The fourth-order valence-corrected chi connectivity index (χ4v) is 4.18. The first kappa shape index (κ1) is 16.5. The van der Waals surface area contributed by atoms with Crippen LogP contribution < -0.4 is 4.80 Å². The predicted molar refractivity (Wildman–Crippen MR) is 109 cm³/mol. The summed E-state index contributed by atoms with van der Waals surface area (Å²) in [4.78, 5) is 17.9. The minimum atomic E-state index is -0.225. The van der Waals surface area contributed by atoms with E-state index >= 15 is 0 Å². The summed E-state index contributed by atoms with van der Waals surface area (Å²) in [6, 6.07) is 20.0. The van der Waals surface area contributed by atoms with E-state index in [-0.39, 0.29) is 5.91 Å². The van der Waals surface area contributed by atoms with Crippen molar-refractivity contribution in [1.82, 2.24) is 4.57 Å². The molecule has 3 aromatic carbocycles. The summed E-state index contributed by atoms with van der Waals surface area (Å²) in [6.07, 6.45) is 1.82. The Morgan fingerprint density at radius 2 is 1.92 bits per heavy atom. The molecule has 4 rings (SSSR count). The van der Waals surface area contributed by atoms with Gasteiger partial charge in [0.1, 0.15) is 0 Å². The van der Waals surface area contributed by atoms with Gasteiger partial charge in [0.2, 0.25) is 0 Å². The van der Waals surface area contributed by atoms with Gasteiger partial charge in [0.15, 0.2) is 4.80 Å². The molecule has 0 aliphatic heterocycles. The highest BCUT2D eigenvalue weighted by Gasteiger charge is 2.09. The molecule has 0 unspecified atom stereocenters. The minimum absolute atomic E-state index is 0.225. The lowest BCUT2D eigenvalue weighted by atomic mass is 10.1. The number of hydrogen-bond donors (Lipinski definition) is 0. The van der Waals surface area contributed by atoms with E-state index in [4.69, 9.17) is 0 Å². The number of thiazole rings is 1. The molecule has 0 radical (unpaired) electrons. The maximum Gasteiger partial charge on any atom is 0.279 e. The van der Waals surface area contributed by atoms with Gasteiger partial charge in [-0.3, -0.25) is 4.79 Å². The molecule has 0 fully saturated rings. The van der Waals surface area contributed by atoms with Crippen LogP contribution in [0.2, 0.25) is 0 Å². The first-order valence-electron chi connectivity index (χ1n) is 8.44. The van der Waals surface area contributed by atoms with Crippen molar-refractivity contribution < 1.29 is 4.79 Å². The van der Waals surface area contributed by atoms with Crippen LogP contribution in [0.15, 0.2) is 78.3 Å². The topological polar surface area (TPSA) is 34.4 Å². The Kier molecular flexibility index (Phi) is 4.27. The molecular weight excluding hydrogens is 340 g/mol. The molecule has 4 aromatic rings. The van der Waals surface area contributed by atoms with Gasteiger partial charge < -0.3 is 4.57 Å². The lowest BCUT2D eigenvalue weighted by Gasteiger charge is -2.02. The number of carbonyl (C=O) groups is 1. The number of amides is 1. The number of allylic oxidation sites excluding steroid dienone is 1. The van der Waals surface area contributed by atoms with Crippen molar-refractivity contribution in [2.24, 2.45) is 4.99 Å². The predicted octanol–water partition coefficient (Wildman–Crippen LogP) is 5.09. The Morgan fingerprint density at radius 3 is 2.73 bits per heavy atom. The second-order valence-electron chi connectivity index (χ2n) is 6.23. The van der Waals surface area contributed by atoms with Crippen LogP contribution in [0.3, 0.4) is 0 Å². The Morgan fingerprint density at radius 1 is 1.12 bits per heavy atom. The molecule has 0 N–H and O–H groups in total. The molecule has 3 nitrogen and oxygen atoms in total. The van der Waals surface area contributed by atoms with E-state index in [9.17, 15) is 4.79 Å². The summed E-state index contributed by atoms with van der Waals surface area (Å²) < 4.78 is 3.16. The molecule has 0 aliphatic rings. The number of aromatic nitrogens is 1. The molecule has 0 bridgehead atoms. The van der Waals surface area contributed by atoms with Crippen molar-refractivity contribution in [2.45, 2.75) is 13.5 Å². The molecule has 0 aliphatic carbocycles. The van der Waals surface area contributed by atoms with Crippen LogP contribution in [0, 0.1) is 6.92 Å². The van der Waals surface area contributed by atoms with Crippen LogP contribution in [-0.4, -0.2) is 10.5 Å². The molecule has 0 atom stereocenters. The fourth-order valence-electron chi connectivity index (χ4n) is 3.05. The van der Waals surface area contributed by atoms with Crippen LogP contribution >= 0.6 is 11.3 Å². The Balaban J connectivity index is 1.84. The maximum absolute atomic E-state index is 12.8. The van der Waals surface area contributed by atoms with Crippen molar-refractivity contribution in [1.29, 1.82) is 0 Å². The number of nitrogens with zero attached hydrogens (tertiary/aromatic N) is 2. The summed E-state index contributed by atoms with van der Waals surface area (Å²) >= 11 is 1.53. The van der Waals surface area contributed by atoms with E-state index in [0.29, 0.717) is 16.9 Å². The third-order valence-corrected chi connectivity index (χ3v) is 5.38. The summed E-state index contributed by atoms with van der Waals surface area (Å²) in [5.41, 5.74) is 2.87. The zero-order chi connectivity index (χ0) is 18.1. The van der Waals surface area contributed by atoms with Crippen molar-refractivity contribution in [2.75, 3.05) is 0 Å². The third-order valence-electron chi connectivity index (χ3n) is 4.34. The number of aryl methyl sites for hydroxylation is 1. The van der Waals surface area contributed by atoms with Gasteiger partial charge in [-0.1, -0.05) is 53.8 Å². The molecule has 0 saturated carbocycles. The summed E-state index contributed by atoms with van der Waals surface area (Å²) in [6.45, 7) is 6.51. The Bertz CT molecular complexity index is 1210. The van der Waals surface area contributed by atoms with Crippen molar-refractivity contribution >= 4 is 38.2 Å². The average Bonchev–Trinajstić information content (AvgIpc) is 2.98. The number of carbonyl (C=O) groups excluding carboxylic acids is 1. The van der Waals surface area contributed by atoms with Gasteiger partial charge in [-0.2, -0.15) is 4.99 Å². The van der Waals surface area contributed by atoms with Crippen LogP contribution in [0.5, 0.6) is 0 Å². The number of benzene rings is 3. The summed E-state index contributed by atoms with van der Waals surface area (Å²) in [7, 11) is 0. The molecule has 0 spiro atoms. The minimum Gasteiger partial charge on any atom is -0.312 e. The van der Waals surface area contributed by atoms with Crippen molar-refractivity contribution in [3.05, 3.63) is 89.2 Å². The highest BCUT2D eigenvalue weighted by molar-refractivity contribution is 7.16. The van der Waals surface area contributed by atoms with E-state index < -0.39 is 0 Å². The summed E-state index contributed by atoms with van der Waals surface area (Å²) in [5.74, 6) is -0.225. The molecule has 26 heavy (non-hydrogen) atoms. The normalized spacial score (nSPS) is 12.0. The largest absolute Gasteiger partial charge is 0.312 e. The highest BCUT2D eigenvalue weighted by atomic mass is 32.1. The average molecular weight is 358 g/mol. The van der Waals surface area contributed by atoms with E-state index in [0.717, 1.165) is 21.0 Å². The lowest BCUT2D eigenvalue weighted by Crippen LogP contribution is -2.16. The van der Waals surface area contributed by atoms with Crippen molar-refractivity contribution in [3.63, 3.8) is 0 Å². The number of fused-ring (bicyclic) bond motifs is 2. The van der Waals surface area contributed by atoms with Gasteiger partial charge in [0.25, 0.3) is 5.91 Å². The SMILES string of the molecule is C=CCn1c(=NC(=O)c2ccc3ccccc3c2)sc2cc(C)ccc21. The molecule has 1 amide bonds. The zero-order valence-corrected chi connectivity index (χ0v) is 15.3. The lowest BCUT2D eigenvalue weighted by molar-refractivity contribution is 0.0998. The molecule has 0 saturated heterocycles. The van der Waals surface area contributed by atoms with Gasteiger partial charge >= 0.3 is 0 Å². The van der Waals surface area contributed by atoms with E-state index in [1.807, 2.05) is 53.1 Å². The van der Waals surface area contributed by atoms with Crippen LogP contribution in [0.25, 0.3) is 21.0 Å². The quantitative estimate of drug-likeness (QED) is 0.470. The number of hydrogen-bond acceptors (Lipinski definition) is 2. The zero-order valence-electron chi connectivity index (χ0n) is 14.5.